The minimum absolute atomic E-state index is 0.0986. The topological polar surface area (TPSA) is 131 Å². The second kappa shape index (κ2) is 10.6. The van der Waals surface area contributed by atoms with E-state index < -0.39 is 23.9 Å². The number of amides is 2. The van der Waals surface area contributed by atoms with Gasteiger partial charge in [-0.15, -0.1) is 0 Å². The van der Waals surface area contributed by atoms with E-state index in [4.69, 9.17) is 22.1 Å². The number of benzene rings is 3. The van der Waals surface area contributed by atoms with Gasteiger partial charge in [-0.05, 0) is 59.4 Å². The molecule has 0 heterocycles. The Morgan fingerprint density at radius 3 is 2.40 bits per heavy atom. The van der Waals surface area contributed by atoms with Gasteiger partial charge in [-0.2, -0.15) is 0 Å². The molecule has 3 aromatic rings. The molecule has 0 aliphatic heterocycles. The molecule has 0 radical (unpaired) electrons. The zero-order valence-electron chi connectivity index (χ0n) is 18.7. The number of nitrogens with two attached hydrogens (primary N) is 1. The van der Waals surface area contributed by atoms with E-state index in [9.17, 15) is 19.5 Å². The summed E-state index contributed by atoms with van der Waals surface area (Å²) in [4.78, 5) is 36.4. The molecule has 1 fully saturated rings. The number of nitrogens with one attached hydrogen (secondary N) is 2. The largest absolute Gasteiger partial charge is 0.481 e. The van der Waals surface area contributed by atoms with Crippen LogP contribution in [-0.2, 0) is 22.7 Å². The summed E-state index contributed by atoms with van der Waals surface area (Å²) < 4.78 is 5.21. The highest BCUT2D eigenvalue weighted by atomic mass is 35.5. The number of anilines is 2. The quantitative estimate of drug-likeness (QED) is 0.349. The summed E-state index contributed by atoms with van der Waals surface area (Å²) in [5, 5.41) is 14.9. The SMILES string of the molecule is NCc1cc(NC(=O)c2cc(Cl)cc(NC(=O)OCc3ccccc3)c2)cc([C@@H]2C[C@H]2C(=O)O)c1. The smallest absolute Gasteiger partial charge is 0.411 e. The van der Waals surface area contributed by atoms with Gasteiger partial charge in [-0.3, -0.25) is 14.9 Å². The molecule has 9 heteroatoms. The molecular formula is C26H24ClN3O5. The number of hydrogen-bond acceptors (Lipinski definition) is 5. The van der Waals surface area contributed by atoms with Crippen LogP contribution >= 0.6 is 11.6 Å². The Labute approximate surface area is 207 Å². The summed E-state index contributed by atoms with van der Waals surface area (Å²) in [6.45, 7) is 0.349. The third-order valence-corrected chi connectivity index (χ3v) is 5.88. The van der Waals surface area contributed by atoms with Gasteiger partial charge in [0.2, 0.25) is 0 Å². The number of ether oxygens (including phenoxy) is 1. The summed E-state index contributed by atoms with van der Waals surface area (Å²) >= 11 is 6.18. The van der Waals surface area contributed by atoms with E-state index in [1.807, 2.05) is 36.4 Å². The molecule has 0 spiro atoms. The van der Waals surface area contributed by atoms with E-state index in [-0.39, 0.29) is 29.7 Å². The van der Waals surface area contributed by atoms with Crippen LogP contribution in [0.4, 0.5) is 16.2 Å². The third-order valence-electron chi connectivity index (χ3n) is 5.66. The van der Waals surface area contributed by atoms with Crippen molar-refractivity contribution in [3.8, 4) is 0 Å². The van der Waals surface area contributed by atoms with Crippen molar-refractivity contribution in [3.63, 3.8) is 0 Å². The number of rotatable bonds is 8. The first-order valence-corrected chi connectivity index (χ1v) is 11.4. The van der Waals surface area contributed by atoms with Gasteiger partial charge in [-0.1, -0.05) is 48.0 Å². The van der Waals surface area contributed by atoms with Gasteiger partial charge < -0.3 is 20.9 Å². The summed E-state index contributed by atoms with van der Waals surface area (Å²) in [6.07, 6.45) is -0.124. The molecular weight excluding hydrogens is 470 g/mol. The minimum atomic E-state index is -0.833. The molecule has 0 aromatic heterocycles. The van der Waals surface area contributed by atoms with Gasteiger partial charge in [0.15, 0.2) is 0 Å². The van der Waals surface area contributed by atoms with Gasteiger partial charge in [0, 0.05) is 28.5 Å². The minimum Gasteiger partial charge on any atom is -0.481 e. The van der Waals surface area contributed by atoms with Crippen LogP contribution in [0.1, 0.15) is 39.4 Å². The van der Waals surface area contributed by atoms with Crippen LogP contribution in [0, 0.1) is 5.92 Å². The zero-order valence-corrected chi connectivity index (χ0v) is 19.4. The number of carbonyl (C=O) groups excluding carboxylic acids is 2. The number of aliphatic carboxylic acids is 1. The molecule has 2 atom stereocenters. The van der Waals surface area contributed by atoms with Gasteiger partial charge in [0.1, 0.15) is 6.61 Å². The maximum atomic E-state index is 12.9. The molecule has 3 aromatic carbocycles. The van der Waals surface area contributed by atoms with Crippen LogP contribution in [0.3, 0.4) is 0 Å². The van der Waals surface area contributed by atoms with Crippen LogP contribution in [0.15, 0.2) is 66.7 Å². The maximum Gasteiger partial charge on any atom is 0.411 e. The Kier molecular flexibility index (Phi) is 7.33. The average molecular weight is 494 g/mol. The lowest BCUT2D eigenvalue weighted by Crippen LogP contribution is -2.16. The molecule has 0 unspecified atom stereocenters. The van der Waals surface area contributed by atoms with E-state index in [0.29, 0.717) is 17.8 Å². The van der Waals surface area contributed by atoms with Crippen LogP contribution in [0.5, 0.6) is 0 Å². The van der Waals surface area contributed by atoms with Gasteiger partial charge >= 0.3 is 12.1 Å². The van der Waals surface area contributed by atoms with E-state index in [0.717, 1.165) is 16.7 Å². The first-order chi connectivity index (χ1) is 16.8. The standard InChI is InChI=1S/C26H24ClN3O5/c27-19-8-18(10-21(11-19)30-26(34)35-14-15-4-2-1-3-5-15)24(31)29-20-7-16(13-28)6-17(9-20)22-12-23(22)25(32)33/h1-11,22-23H,12-14,28H2,(H,29,31)(H,30,34)(H,32,33)/t22-,23+/m0/s1. The van der Waals surface area contributed by atoms with Crippen LogP contribution in [-0.4, -0.2) is 23.1 Å². The van der Waals surface area contributed by atoms with Crippen LogP contribution in [0.25, 0.3) is 0 Å². The Morgan fingerprint density at radius 2 is 1.71 bits per heavy atom. The number of hydrogen-bond donors (Lipinski definition) is 4. The van der Waals surface area contributed by atoms with Crippen molar-refractivity contribution in [2.24, 2.45) is 11.7 Å². The predicted molar refractivity (Wildman–Crippen MR) is 132 cm³/mol. The normalized spacial score (nSPS) is 16.3. The molecule has 1 saturated carbocycles. The summed E-state index contributed by atoms with van der Waals surface area (Å²) in [7, 11) is 0. The van der Waals surface area contributed by atoms with Crippen molar-refractivity contribution < 1.29 is 24.2 Å². The van der Waals surface area contributed by atoms with Crippen molar-refractivity contribution in [3.05, 3.63) is 94.0 Å². The fourth-order valence-corrected chi connectivity index (χ4v) is 4.07. The highest BCUT2D eigenvalue weighted by Gasteiger charge is 2.44. The Bertz CT molecular complexity index is 1270. The van der Waals surface area contributed by atoms with Crippen molar-refractivity contribution in [1.82, 2.24) is 0 Å². The lowest BCUT2D eigenvalue weighted by molar-refractivity contribution is -0.138. The van der Waals surface area contributed by atoms with Gasteiger partial charge in [0.25, 0.3) is 5.91 Å². The summed E-state index contributed by atoms with van der Waals surface area (Å²) in [6, 6.07) is 19.1. The first-order valence-electron chi connectivity index (χ1n) is 11.0. The fourth-order valence-electron chi connectivity index (χ4n) is 3.83. The van der Waals surface area contributed by atoms with Crippen LogP contribution in [0.2, 0.25) is 5.02 Å². The zero-order chi connectivity index (χ0) is 24.9. The second-order valence-corrected chi connectivity index (χ2v) is 8.76. The highest BCUT2D eigenvalue weighted by Crippen LogP contribution is 2.48. The Balaban J connectivity index is 1.44. The highest BCUT2D eigenvalue weighted by molar-refractivity contribution is 6.31. The number of carboxylic acids is 1. The van der Waals surface area contributed by atoms with E-state index >= 15 is 0 Å². The number of halogens is 1. The molecule has 0 bridgehead atoms. The van der Waals surface area contributed by atoms with E-state index in [2.05, 4.69) is 10.6 Å². The van der Waals surface area contributed by atoms with Crippen molar-refractivity contribution in [2.45, 2.75) is 25.5 Å². The second-order valence-electron chi connectivity index (χ2n) is 8.32. The van der Waals surface area contributed by atoms with Crippen molar-refractivity contribution in [1.29, 1.82) is 0 Å². The summed E-state index contributed by atoms with van der Waals surface area (Å²) in [5.74, 6) is -1.80. The first kappa shape index (κ1) is 24.3. The Hall–Kier alpha value is -3.88. The molecule has 5 N–H and O–H groups in total. The van der Waals surface area contributed by atoms with Gasteiger partial charge in [0.05, 0.1) is 5.92 Å². The molecule has 180 valence electrons. The Morgan fingerprint density at radius 1 is 0.971 bits per heavy atom. The molecule has 8 nitrogen and oxygen atoms in total. The number of carboxylic acid groups (broad SMARTS) is 1. The lowest BCUT2D eigenvalue weighted by atomic mass is 10.0. The average Bonchev–Trinajstić information content (AvgIpc) is 3.64. The van der Waals surface area contributed by atoms with E-state index in [1.165, 1.54) is 18.2 Å². The number of carbonyl (C=O) groups is 3. The van der Waals surface area contributed by atoms with Crippen molar-refractivity contribution >= 4 is 40.9 Å². The van der Waals surface area contributed by atoms with Crippen LogP contribution < -0.4 is 16.4 Å². The molecule has 2 amide bonds. The molecule has 4 rings (SSSR count). The lowest BCUT2D eigenvalue weighted by Gasteiger charge is -2.12. The monoisotopic (exact) mass is 493 g/mol. The molecule has 1 aliphatic carbocycles. The van der Waals surface area contributed by atoms with E-state index in [1.54, 1.807) is 12.1 Å². The summed E-state index contributed by atoms with van der Waals surface area (Å²) in [5.41, 5.74) is 9.27. The molecule has 35 heavy (non-hydrogen) atoms. The van der Waals surface area contributed by atoms with Gasteiger partial charge in [-0.25, -0.2) is 4.79 Å². The predicted octanol–water partition coefficient (Wildman–Crippen LogP) is 4.99. The molecule has 0 saturated heterocycles. The third kappa shape index (κ3) is 6.38. The van der Waals surface area contributed by atoms with Crippen molar-refractivity contribution in [2.75, 3.05) is 10.6 Å². The molecule has 1 aliphatic rings. The maximum absolute atomic E-state index is 12.9. The fraction of sp³-hybridized carbons (Fsp3) is 0.192.